The fourth-order valence-electron chi connectivity index (χ4n) is 3.31. The minimum absolute atomic E-state index is 0.167. The van der Waals surface area contributed by atoms with Crippen molar-refractivity contribution in [2.45, 2.75) is 20.3 Å². The summed E-state index contributed by atoms with van der Waals surface area (Å²) in [6.07, 6.45) is 0.445. The van der Waals surface area contributed by atoms with Gasteiger partial charge in [0.1, 0.15) is 5.82 Å². The molecule has 138 valence electrons. The van der Waals surface area contributed by atoms with Gasteiger partial charge in [0.15, 0.2) is 0 Å². The third kappa shape index (κ3) is 4.34. The first-order valence-electron chi connectivity index (χ1n) is 9.13. The fraction of sp³-hybridized carbons (Fsp3) is 0.381. The highest BCUT2D eigenvalue weighted by Gasteiger charge is 2.21. The van der Waals surface area contributed by atoms with E-state index < -0.39 is 0 Å². The van der Waals surface area contributed by atoms with Gasteiger partial charge in [-0.1, -0.05) is 12.1 Å². The molecule has 0 unspecified atom stereocenters. The van der Waals surface area contributed by atoms with Crippen molar-refractivity contribution in [1.82, 2.24) is 4.90 Å². The molecule has 0 aromatic heterocycles. The molecule has 26 heavy (non-hydrogen) atoms. The zero-order valence-corrected chi connectivity index (χ0v) is 15.5. The van der Waals surface area contributed by atoms with Crippen LogP contribution in [0.3, 0.4) is 0 Å². The second kappa shape index (κ2) is 8.21. The summed E-state index contributed by atoms with van der Waals surface area (Å²) < 4.78 is 12.9. The molecule has 4 nitrogen and oxygen atoms in total. The third-order valence-electron chi connectivity index (χ3n) is 5.06. The van der Waals surface area contributed by atoms with E-state index in [1.54, 1.807) is 12.1 Å². The number of halogens is 1. The van der Waals surface area contributed by atoms with Crippen LogP contribution in [0.15, 0.2) is 42.5 Å². The molecule has 0 radical (unpaired) electrons. The Hall–Kier alpha value is -2.56. The average Bonchev–Trinajstić information content (AvgIpc) is 2.66. The summed E-state index contributed by atoms with van der Waals surface area (Å²) >= 11 is 0. The van der Waals surface area contributed by atoms with Crippen LogP contribution in [0.25, 0.3) is 0 Å². The minimum atomic E-state index is -0.256. The van der Waals surface area contributed by atoms with Gasteiger partial charge in [-0.2, -0.15) is 0 Å². The number of amides is 1. The molecule has 0 bridgehead atoms. The van der Waals surface area contributed by atoms with Gasteiger partial charge in [-0.05, 0) is 55.3 Å². The molecule has 1 fully saturated rings. The van der Waals surface area contributed by atoms with E-state index in [0.717, 1.165) is 31.9 Å². The number of rotatable bonds is 5. The van der Waals surface area contributed by atoms with Crippen molar-refractivity contribution in [2.75, 3.05) is 42.9 Å². The number of piperazine rings is 1. The number of hydrogen-bond donors (Lipinski definition) is 1. The second-order valence-corrected chi connectivity index (χ2v) is 6.77. The molecule has 0 saturated carbocycles. The first-order valence-corrected chi connectivity index (χ1v) is 9.13. The lowest BCUT2D eigenvalue weighted by molar-refractivity contribution is -0.131. The summed E-state index contributed by atoms with van der Waals surface area (Å²) in [5, 5.41) is 3.17. The van der Waals surface area contributed by atoms with Crippen LogP contribution in [0.4, 0.5) is 15.8 Å². The number of nitrogens with zero attached hydrogens (tertiary/aromatic N) is 2. The Morgan fingerprint density at radius 1 is 1.04 bits per heavy atom. The van der Waals surface area contributed by atoms with Crippen LogP contribution >= 0.6 is 0 Å². The molecule has 1 heterocycles. The molecule has 5 heteroatoms. The standard InChI is InChI=1S/C21H26FN3O/c1-16-4-3-5-20(17(16)2)24-12-14-25(15-13-24)21(26)10-11-23-19-8-6-18(22)7-9-19/h3-9,23H,10-15H2,1-2H3. The third-order valence-corrected chi connectivity index (χ3v) is 5.06. The molecule has 0 aliphatic carbocycles. The number of carbonyl (C=O) groups is 1. The zero-order valence-electron chi connectivity index (χ0n) is 15.5. The van der Waals surface area contributed by atoms with Crippen LogP contribution < -0.4 is 10.2 Å². The topological polar surface area (TPSA) is 35.6 Å². The Morgan fingerprint density at radius 3 is 2.42 bits per heavy atom. The van der Waals surface area contributed by atoms with Gasteiger partial charge in [0.05, 0.1) is 0 Å². The van der Waals surface area contributed by atoms with Crippen LogP contribution in [0.2, 0.25) is 0 Å². The number of aryl methyl sites for hydroxylation is 1. The van der Waals surface area contributed by atoms with E-state index in [2.05, 4.69) is 42.3 Å². The largest absolute Gasteiger partial charge is 0.385 e. The first kappa shape index (κ1) is 18.2. The smallest absolute Gasteiger partial charge is 0.224 e. The Bertz CT molecular complexity index is 752. The van der Waals surface area contributed by atoms with E-state index in [9.17, 15) is 9.18 Å². The SMILES string of the molecule is Cc1cccc(N2CCN(C(=O)CCNc3ccc(F)cc3)CC2)c1C. The summed E-state index contributed by atoms with van der Waals surface area (Å²) in [6, 6.07) is 12.6. The molecule has 1 aliphatic heterocycles. The predicted molar refractivity (Wildman–Crippen MR) is 104 cm³/mol. The molecule has 1 aliphatic rings. The van der Waals surface area contributed by atoms with Gasteiger partial charge < -0.3 is 15.1 Å². The number of benzene rings is 2. The Kier molecular flexibility index (Phi) is 5.76. The van der Waals surface area contributed by atoms with Crippen LogP contribution in [0.1, 0.15) is 17.5 Å². The first-order chi connectivity index (χ1) is 12.5. The summed E-state index contributed by atoms with van der Waals surface area (Å²) in [7, 11) is 0. The van der Waals surface area contributed by atoms with E-state index in [1.807, 2.05) is 4.90 Å². The van der Waals surface area contributed by atoms with Gasteiger partial charge in [-0.3, -0.25) is 4.79 Å². The second-order valence-electron chi connectivity index (χ2n) is 6.77. The highest BCUT2D eigenvalue weighted by molar-refractivity contribution is 5.77. The van der Waals surface area contributed by atoms with Gasteiger partial charge in [0, 0.05) is 50.5 Å². The monoisotopic (exact) mass is 355 g/mol. The number of hydrogen-bond acceptors (Lipinski definition) is 3. The molecule has 1 saturated heterocycles. The maximum Gasteiger partial charge on any atom is 0.224 e. The highest BCUT2D eigenvalue weighted by Crippen LogP contribution is 2.24. The number of nitrogens with one attached hydrogen (secondary N) is 1. The van der Waals surface area contributed by atoms with Crippen LogP contribution in [-0.2, 0) is 4.79 Å². The zero-order chi connectivity index (χ0) is 18.5. The van der Waals surface area contributed by atoms with E-state index in [-0.39, 0.29) is 11.7 Å². The Labute approximate surface area is 154 Å². The van der Waals surface area contributed by atoms with Crippen LogP contribution in [0.5, 0.6) is 0 Å². The molecule has 0 atom stereocenters. The molecule has 2 aromatic carbocycles. The molecule has 0 spiro atoms. The predicted octanol–water partition coefficient (Wildman–Crippen LogP) is 3.59. The van der Waals surface area contributed by atoms with Gasteiger partial charge in [0.25, 0.3) is 0 Å². The fourth-order valence-corrected chi connectivity index (χ4v) is 3.31. The normalized spacial score (nSPS) is 14.4. The highest BCUT2D eigenvalue weighted by atomic mass is 19.1. The van der Waals surface area contributed by atoms with Crippen molar-refractivity contribution in [3.63, 3.8) is 0 Å². The maximum atomic E-state index is 12.9. The Balaban J connectivity index is 1.46. The summed E-state index contributed by atoms with van der Waals surface area (Å²) in [5.41, 5.74) is 4.72. The van der Waals surface area contributed by atoms with Crippen molar-refractivity contribution in [3.05, 3.63) is 59.4 Å². The van der Waals surface area contributed by atoms with E-state index in [4.69, 9.17) is 0 Å². The Morgan fingerprint density at radius 2 is 1.73 bits per heavy atom. The summed E-state index contributed by atoms with van der Waals surface area (Å²) in [6.45, 7) is 8.08. The minimum Gasteiger partial charge on any atom is -0.385 e. The molecule has 2 aromatic rings. The molecular weight excluding hydrogens is 329 g/mol. The van der Waals surface area contributed by atoms with Crippen molar-refractivity contribution in [1.29, 1.82) is 0 Å². The van der Waals surface area contributed by atoms with Crippen molar-refractivity contribution >= 4 is 17.3 Å². The molecule has 3 rings (SSSR count). The van der Waals surface area contributed by atoms with Gasteiger partial charge in [0.2, 0.25) is 5.91 Å². The van der Waals surface area contributed by atoms with Gasteiger partial charge >= 0.3 is 0 Å². The maximum absolute atomic E-state index is 12.9. The lowest BCUT2D eigenvalue weighted by atomic mass is 10.1. The van der Waals surface area contributed by atoms with Crippen LogP contribution in [-0.4, -0.2) is 43.5 Å². The summed E-state index contributed by atoms with van der Waals surface area (Å²) in [5.74, 6) is -0.0893. The van der Waals surface area contributed by atoms with E-state index >= 15 is 0 Å². The van der Waals surface area contributed by atoms with Crippen molar-refractivity contribution in [3.8, 4) is 0 Å². The lowest BCUT2D eigenvalue weighted by Gasteiger charge is -2.37. The van der Waals surface area contributed by atoms with Gasteiger partial charge in [-0.15, -0.1) is 0 Å². The molecular formula is C21H26FN3O. The average molecular weight is 355 g/mol. The summed E-state index contributed by atoms with van der Waals surface area (Å²) in [4.78, 5) is 16.7. The van der Waals surface area contributed by atoms with Crippen molar-refractivity contribution < 1.29 is 9.18 Å². The molecule has 1 N–H and O–H groups in total. The van der Waals surface area contributed by atoms with E-state index in [1.165, 1.54) is 28.9 Å². The van der Waals surface area contributed by atoms with Crippen LogP contribution in [0, 0.1) is 19.7 Å². The quantitative estimate of drug-likeness (QED) is 0.890. The number of anilines is 2. The van der Waals surface area contributed by atoms with Gasteiger partial charge in [-0.25, -0.2) is 4.39 Å². The lowest BCUT2D eigenvalue weighted by Crippen LogP contribution is -2.49. The molecule has 1 amide bonds. The number of carbonyl (C=O) groups excluding carboxylic acids is 1. The van der Waals surface area contributed by atoms with Crippen molar-refractivity contribution in [2.24, 2.45) is 0 Å². The van der Waals surface area contributed by atoms with E-state index in [0.29, 0.717) is 13.0 Å².